The molecule has 1 N–H and O–H groups in total. The van der Waals surface area contributed by atoms with Gasteiger partial charge in [0.1, 0.15) is 6.33 Å². The first-order valence-electron chi connectivity index (χ1n) is 7.85. The van der Waals surface area contributed by atoms with E-state index in [9.17, 15) is 0 Å². The summed E-state index contributed by atoms with van der Waals surface area (Å²) >= 11 is 0. The maximum atomic E-state index is 4.02. The zero-order chi connectivity index (χ0) is 14.0. The van der Waals surface area contributed by atoms with Crippen LogP contribution in [0.15, 0.2) is 30.6 Å². The Morgan fingerprint density at radius 1 is 0.900 bits per heavy atom. The third kappa shape index (κ3) is 4.80. The maximum Gasteiger partial charge on any atom is 0.161 e. The van der Waals surface area contributed by atoms with Crippen molar-refractivity contribution < 1.29 is 0 Å². The summed E-state index contributed by atoms with van der Waals surface area (Å²) in [5.74, 6) is 0.840. The highest BCUT2D eigenvalue weighted by Crippen LogP contribution is 2.16. The molecule has 0 atom stereocenters. The summed E-state index contributed by atoms with van der Waals surface area (Å²) in [5.41, 5.74) is 2.52. The molecule has 1 aromatic carbocycles. The first-order chi connectivity index (χ1) is 9.90. The quantitative estimate of drug-likeness (QED) is 0.668. The van der Waals surface area contributed by atoms with Crippen LogP contribution in [0.3, 0.4) is 0 Å². The molecule has 0 amide bonds. The average Bonchev–Trinajstić information content (AvgIpc) is 3.01. The molecule has 1 aromatic heterocycles. The van der Waals surface area contributed by atoms with Crippen molar-refractivity contribution in [2.24, 2.45) is 0 Å². The first-order valence-corrected chi connectivity index (χ1v) is 7.85. The van der Waals surface area contributed by atoms with Crippen molar-refractivity contribution in [3.8, 4) is 11.4 Å². The molecular formula is C17H25N3. The number of nitrogens with one attached hydrogen (secondary N) is 1. The molecule has 2 aromatic rings. The van der Waals surface area contributed by atoms with Crippen LogP contribution in [0.25, 0.3) is 11.4 Å². The Balaban J connectivity index is 1.67. The normalized spacial score (nSPS) is 10.8. The van der Waals surface area contributed by atoms with E-state index in [1.54, 1.807) is 6.33 Å². The van der Waals surface area contributed by atoms with E-state index in [1.165, 1.54) is 56.9 Å². The number of aryl methyl sites for hydroxylation is 1. The molecule has 108 valence electrons. The van der Waals surface area contributed by atoms with E-state index in [-0.39, 0.29) is 0 Å². The van der Waals surface area contributed by atoms with Gasteiger partial charge in [-0.25, -0.2) is 0 Å². The van der Waals surface area contributed by atoms with Crippen LogP contribution in [-0.4, -0.2) is 15.2 Å². The molecule has 0 fully saturated rings. The topological polar surface area (TPSA) is 41.6 Å². The van der Waals surface area contributed by atoms with Crippen LogP contribution < -0.4 is 0 Å². The number of rotatable bonds is 9. The van der Waals surface area contributed by atoms with E-state index >= 15 is 0 Å². The van der Waals surface area contributed by atoms with Gasteiger partial charge in [0.25, 0.3) is 0 Å². The molecular weight excluding hydrogens is 246 g/mol. The van der Waals surface area contributed by atoms with Gasteiger partial charge in [-0.3, -0.25) is 0 Å². The SMILES string of the molecule is CCCCCCCCCc1ccc(-c2nnc[nH]2)cc1. The van der Waals surface area contributed by atoms with Gasteiger partial charge >= 0.3 is 0 Å². The summed E-state index contributed by atoms with van der Waals surface area (Å²) in [5, 5.41) is 7.83. The van der Waals surface area contributed by atoms with Crippen molar-refractivity contribution in [2.45, 2.75) is 58.3 Å². The highest BCUT2D eigenvalue weighted by atomic mass is 15.2. The molecule has 0 aliphatic carbocycles. The largest absolute Gasteiger partial charge is 0.328 e. The smallest absolute Gasteiger partial charge is 0.161 e. The zero-order valence-electron chi connectivity index (χ0n) is 12.4. The first kappa shape index (κ1) is 14.8. The third-order valence-corrected chi connectivity index (χ3v) is 3.71. The monoisotopic (exact) mass is 271 g/mol. The second kappa shape index (κ2) is 8.51. The number of aromatic nitrogens is 3. The van der Waals surface area contributed by atoms with E-state index in [4.69, 9.17) is 0 Å². The Hall–Kier alpha value is -1.64. The van der Waals surface area contributed by atoms with Crippen LogP contribution in [0.4, 0.5) is 0 Å². The van der Waals surface area contributed by atoms with Gasteiger partial charge < -0.3 is 4.98 Å². The molecule has 0 unspecified atom stereocenters. The number of hydrogen-bond donors (Lipinski definition) is 1. The molecule has 0 aliphatic rings. The number of aromatic amines is 1. The van der Waals surface area contributed by atoms with E-state index in [0.717, 1.165) is 11.4 Å². The molecule has 0 radical (unpaired) electrons. The number of hydrogen-bond acceptors (Lipinski definition) is 2. The summed E-state index contributed by atoms with van der Waals surface area (Å²) in [6.07, 6.45) is 12.4. The van der Waals surface area contributed by atoms with Crippen molar-refractivity contribution in [2.75, 3.05) is 0 Å². The lowest BCUT2D eigenvalue weighted by atomic mass is 10.0. The standard InChI is InChI=1S/C17H25N3/c1-2-3-4-5-6-7-8-9-15-10-12-16(13-11-15)17-18-14-19-20-17/h10-14H,2-9H2,1H3,(H,18,19,20). The minimum atomic E-state index is 0.840. The fraction of sp³-hybridized carbons (Fsp3) is 0.529. The Kier molecular flexibility index (Phi) is 6.28. The molecule has 0 aliphatic heterocycles. The minimum absolute atomic E-state index is 0.840. The molecule has 3 nitrogen and oxygen atoms in total. The van der Waals surface area contributed by atoms with Crippen LogP contribution in [0.2, 0.25) is 0 Å². The van der Waals surface area contributed by atoms with Crippen LogP contribution in [-0.2, 0) is 6.42 Å². The summed E-state index contributed by atoms with van der Waals surface area (Å²) < 4.78 is 0. The lowest BCUT2D eigenvalue weighted by molar-refractivity contribution is 0.589. The highest BCUT2D eigenvalue weighted by molar-refractivity contribution is 5.54. The number of unbranched alkanes of at least 4 members (excludes halogenated alkanes) is 6. The van der Waals surface area contributed by atoms with Gasteiger partial charge in [-0.2, -0.15) is 0 Å². The second-order valence-corrected chi connectivity index (χ2v) is 5.41. The Bertz CT molecular complexity index is 459. The van der Waals surface area contributed by atoms with Gasteiger partial charge in [0, 0.05) is 5.56 Å². The van der Waals surface area contributed by atoms with Crippen molar-refractivity contribution in [3.05, 3.63) is 36.2 Å². The Morgan fingerprint density at radius 2 is 1.60 bits per heavy atom. The minimum Gasteiger partial charge on any atom is -0.328 e. The van der Waals surface area contributed by atoms with Crippen molar-refractivity contribution in [1.82, 2.24) is 15.2 Å². The predicted molar refractivity (Wildman–Crippen MR) is 83.5 cm³/mol. The predicted octanol–water partition coefficient (Wildman–Crippen LogP) is 4.76. The number of benzene rings is 1. The van der Waals surface area contributed by atoms with Gasteiger partial charge in [-0.05, 0) is 18.4 Å². The van der Waals surface area contributed by atoms with Crippen LogP contribution in [0.5, 0.6) is 0 Å². The van der Waals surface area contributed by atoms with Gasteiger partial charge in [-0.1, -0.05) is 69.7 Å². The van der Waals surface area contributed by atoms with Crippen LogP contribution >= 0.6 is 0 Å². The number of nitrogens with zero attached hydrogens (tertiary/aromatic N) is 2. The molecule has 1 heterocycles. The maximum absolute atomic E-state index is 4.02. The van der Waals surface area contributed by atoms with Crippen molar-refractivity contribution >= 4 is 0 Å². The molecule has 0 saturated heterocycles. The van der Waals surface area contributed by atoms with Crippen LogP contribution in [0, 0.1) is 0 Å². The summed E-state index contributed by atoms with van der Waals surface area (Å²) in [6, 6.07) is 8.65. The average molecular weight is 271 g/mol. The van der Waals surface area contributed by atoms with E-state index in [1.807, 2.05) is 0 Å². The highest BCUT2D eigenvalue weighted by Gasteiger charge is 2.00. The Labute approximate surface area is 121 Å². The van der Waals surface area contributed by atoms with Gasteiger partial charge in [0.15, 0.2) is 5.82 Å². The van der Waals surface area contributed by atoms with E-state index in [2.05, 4.69) is 46.4 Å². The van der Waals surface area contributed by atoms with Gasteiger partial charge in [-0.15, -0.1) is 10.2 Å². The molecule has 0 spiro atoms. The molecule has 3 heteroatoms. The van der Waals surface area contributed by atoms with E-state index in [0.29, 0.717) is 0 Å². The summed E-state index contributed by atoms with van der Waals surface area (Å²) in [6.45, 7) is 2.27. The fourth-order valence-electron chi connectivity index (χ4n) is 2.46. The summed E-state index contributed by atoms with van der Waals surface area (Å²) in [4.78, 5) is 3.03. The zero-order valence-corrected chi connectivity index (χ0v) is 12.4. The fourth-order valence-corrected chi connectivity index (χ4v) is 2.46. The number of H-pyrrole nitrogens is 1. The lowest BCUT2D eigenvalue weighted by Gasteiger charge is -2.03. The van der Waals surface area contributed by atoms with Crippen LogP contribution in [0.1, 0.15) is 57.4 Å². The van der Waals surface area contributed by atoms with Gasteiger partial charge in [0.2, 0.25) is 0 Å². The molecule has 0 saturated carbocycles. The van der Waals surface area contributed by atoms with Crippen molar-refractivity contribution in [3.63, 3.8) is 0 Å². The second-order valence-electron chi connectivity index (χ2n) is 5.41. The molecule has 0 bridgehead atoms. The molecule has 2 rings (SSSR count). The van der Waals surface area contributed by atoms with E-state index < -0.39 is 0 Å². The van der Waals surface area contributed by atoms with Gasteiger partial charge in [0.05, 0.1) is 0 Å². The van der Waals surface area contributed by atoms with Crippen molar-refractivity contribution in [1.29, 1.82) is 0 Å². The Morgan fingerprint density at radius 3 is 2.25 bits per heavy atom. The summed E-state index contributed by atoms with van der Waals surface area (Å²) in [7, 11) is 0. The lowest BCUT2D eigenvalue weighted by Crippen LogP contribution is -1.87. The molecule has 20 heavy (non-hydrogen) atoms. The third-order valence-electron chi connectivity index (χ3n) is 3.71.